The van der Waals surface area contributed by atoms with Crippen LogP contribution in [-0.4, -0.2) is 76.7 Å². The molecule has 3 unspecified atom stereocenters. The van der Waals surface area contributed by atoms with Gasteiger partial charge in [0.1, 0.15) is 11.6 Å². The first-order valence-electron chi connectivity index (χ1n) is 14.3. The number of alkyl halides is 1. The van der Waals surface area contributed by atoms with Gasteiger partial charge in [0.15, 0.2) is 0 Å². The summed E-state index contributed by atoms with van der Waals surface area (Å²) >= 11 is 3.70. The number of hydrogen-bond donors (Lipinski definition) is 1. The zero-order valence-electron chi connectivity index (χ0n) is 23.1. The average molecular weight is 626 g/mol. The molecule has 3 aliphatic heterocycles. The highest BCUT2D eigenvalue weighted by molar-refractivity contribution is 9.09. The molecule has 1 N–H and O–H groups in total. The van der Waals surface area contributed by atoms with E-state index in [1.165, 1.54) is 0 Å². The lowest BCUT2D eigenvalue weighted by Gasteiger charge is -2.37. The fourth-order valence-electron chi connectivity index (χ4n) is 6.77. The molecule has 2 bridgehead atoms. The average Bonchev–Trinajstić information content (AvgIpc) is 3.56. The molecule has 0 saturated carbocycles. The number of ether oxygens (including phenoxy) is 2. The molecule has 6 atom stereocenters. The molecule has 0 aromatic heterocycles. The Labute approximate surface area is 249 Å². The number of aliphatic hydroxyl groups is 1. The summed E-state index contributed by atoms with van der Waals surface area (Å²) in [6.07, 6.45) is 5.63. The van der Waals surface area contributed by atoms with E-state index in [1.54, 1.807) is 22.0 Å². The molecule has 1 spiro atoms. The van der Waals surface area contributed by atoms with Crippen molar-refractivity contribution in [3.63, 3.8) is 0 Å². The van der Waals surface area contributed by atoms with Gasteiger partial charge in [-0.05, 0) is 55.0 Å². The van der Waals surface area contributed by atoms with Crippen LogP contribution in [0.4, 0.5) is 5.69 Å². The van der Waals surface area contributed by atoms with Crippen LogP contribution in [0.25, 0.3) is 10.8 Å². The number of unbranched alkanes of at least 4 members (excludes halogenated alkanes) is 2. The van der Waals surface area contributed by atoms with Crippen molar-refractivity contribution >= 4 is 50.2 Å². The quantitative estimate of drug-likeness (QED) is 0.154. The number of anilines is 1. The van der Waals surface area contributed by atoms with Crippen LogP contribution < -0.4 is 4.90 Å². The summed E-state index contributed by atoms with van der Waals surface area (Å²) in [6.45, 7) is 8.37. The molecule has 0 aliphatic carbocycles. The van der Waals surface area contributed by atoms with E-state index >= 15 is 0 Å². The SMILES string of the molecule is C=CCCOC(=O)[C@H]1[C@H]2C(=O)N(CCCCCO)C(C(=O)N(CC=C)c3ccc4ccccc4c3)C23CC(Br)[C@@H]1O3. The van der Waals surface area contributed by atoms with Crippen molar-refractivity contribution < 1.29 is 29.0 Å². The molecular weight excluding hydrogens is 588 g/mol. The van der Waals surface area contributed by atoms with Gasteiger partial charge < -0.3 is 24.4 Å². The molecule has 2 amide bonds. The predicted molar refractivity (Wildman–Crippen MR) is 161 cm³/mol. The van der Waals surface area contributed by atoms with E-state index in [0.717, 1.165) is 10.8 Å². The van der Waals surface area contributed by atoms with Crippen molar-refractivity contribution in [2.75, 3.05) is 31.2 Å². The van der Waals surface area contributed by atoms with E-state index in [9.17, 15) is 19.5 Å². The summed E-state index contributed by atoms with van der Waals surface area (Å²) in [5.41, 5.74) is -0.466. The standard InChI is InChI=1S/C32H37BrN2O6/c1-3-5-18-40-31(39)25-26-29(37)35(16-9-6-10-17-36)28(32(26)20-24(33)27(25)41-32)30(38)34(15-4-2)23-14-13-21-11-7-8-12-22(21)19-23/h3-4,7-8,11-14,19,24-28,36H,1-2,5-6,9-10,15-18,20H2/t24?,25-,26-,27-,28?,32?/m0/s1. The Morgan fingerprint density at radius 3 is 2.66 bits per heavy atom. The third-order valence-electron chi connectivity index (χ3n) is 8.54. The Morgan fingerprint density at radius 2 is 1.93 bits per heavy atom. The van der Waals surface area contributed by atoms with Crippen LogP contribution >= 0.6 is 15.9 Å². The molecule has 9 heteroatoms. The number of nitrogens with zero attached hydrogens (tertiary/aromatic N) is 2. The Kier molecular flexibility index (Phi) is 8.97. The van der Waals surface area contributed by atoms with Crippen molar-refractivity contribution in [3.8, 4) is 0 Å². The largest absolute Gasteiger partial charge is 0.465 e. The van der Waals surface area contributed by atoms with Gasteiger partial charge in [-0.2, -0.15) is 0 Å². The lowest BCUT2D eigenvalue weighted by atomic mass is 9.70. The van der Waals surface area contributed by atoms with Crippen molar-refractivity contribution in [1.29, 1.82) is 0 Å². The number of carbonyl (C=O) groups is 3. The van der Waals surface area contributed by atoms with Gasteiger partial charge in [-0.1, -0.05) is 58.4 Å². The number of esters is 1. The first-order valence-corrected chi connectivity index (χ1v) is 15.2. The van der Waals surface area contributed by atoms with Crippen LogP contribution in [0.1, 0.15) is 32.1 Å². The first kappa shape index (κ1) is 29.5. The number of fused-ring (bicyclic) bond motifs is 2. The third kappa shape index (κ3) is 5.24. The highest BCUT2D eigenvalue weighted by Gasteiger charge is 2.77. The van der Waals surface area contributed by atoms with Gasteiger partial charge in [0, 0.05) is 30.2 Å². The maximum Gasteiger partial charge on any atom is 0.312 e. The van der Waals surface area contributed by atoms with E-state index in [2.05, 4.69) is 29.1 Å². The summed E-state index contributed by atoms with van der Waals surface area (Å²) in [5.74, 6) is -2.62. The second kappa shape index (κ2) is 12.5. The highest BCUT2D eigenvalue weighted by Crippen LogP contribution is 2.60. The Hall–Kier alpha value is -3.01. The summed E-state index contributed by atoms with van der Waals surface area (Å²) in [6, 6.07) is 12.9. The normalized spacial score (nSPS) is 28.1. The third-order valence-corrected chi connectivity index (χ3v) is 9.39. The minimum absolute atomic E-state index is 0.0621. The minimum atomic E-state index is -1.16. The van der Waals surface area contributed by atoms with Crippen molar-refractivity contribution in [2.24, 2.45) is 11.8 Å². The molecule has 8 nitrogen and oxygen atoms in total. The summed E-state index contributed by atoms with van der Waals surface area (Å²) in [7, 11) is 0. The number of halogens is 1. The van der Waals surface area contributed by atoms with Crippen LogP contribution in [0.2, 0.25) is 0 Å². The Morgan fingerprint density at radius 1 is 1.15 bits per heavy atom. The molecule has 5 rings (SSSR count). The minimum Gasteiger partial charge on any atom is -0.465 e. The number of likely N-dealkylation sites (tertiary alicyclic amines) is 1. The summed E-state index contributed by atoms with van der Waals surface area (Å²) in [4.78, 5) is 45.2. The molecule has 3 fully saturated rings. The zero-order chi connectivity index (χ0) is 29.1. The predicted octanol–water partition coefficient (Wildman–Crippen LogP) is 4.39. The fraction of sp³-hybridized carbons (Fsp3) is 0.469. The molecule has 218 valence electrons. The second-order valence-electron chi connectivity index (χ2n) is 11.0. The van der Waals surface area contributed by atoms with Crippen LogP contribution in [0.5, 0.6) is 0 Å². The Bertz CT molecular complexity index is 1330. The molecular formula is C32H37BrN2O6. The van der Waals surface area contributed by atoms with Crippen LogP contribution in [0, 0.1) is 11.8 Å². The lowest BCUT2D eigenvalue weighted by Crippen LogP contribution is -2.57. The fourth-order valence-corrected chi connectivity index (χ4v) is 7.72. The topological polar surface area (TPSA) is 96.4 Å². The highest BCUT2D eigenvalue weighted by atomic mass is 79.9. The van der Waals surface area contributed by atoms with Crippen molar-refractivity contribution in [3.05, 3.63) is 67.8 Å². The molecule has 3 aliphatic rings. The van der Waals surface area contributed by atoms with Gasteiger partial charge in [0.25, 0.3) is 5.91 Å². The first-order chi connectivity index (χ1) is 19.9. The number of amides is 2. The molecule has 41 heavy (non-hydrogen) atoms. The zero-order valence-corrected chi connectivity index (χ0v) is 24.7. The molecule has 3 saturated heterocycles. The molecule has 2 aromatic carbocycles. The van der Waals surface area contributed by atoms with Crippen LogP contribution in [-0.2, 0) is 23.9 Å². The van der Waals surface area contributed by atoms with Gasteiger partial charge in [-0.15, -0.1) is 13.2 Å². The Balaban J connectivity index is 1.53. The van der Waals surface area contributed by atoms with E-state index in [0.29, 0.717) is 44.3 Å². The number of aliphatic hydroxyl groups excluding tert-OH is 1. The van der Waals surface area contributed by atoms with Gasteiger partial charge >= 0.3 is 5.97 Å². The monoisotopic (exact) mass is 624 g/mol. The van der Waals surface area contributed by atoms with Crippen molar-refractivity contribution in [1.82, 2.24) is 4.90 Å². The molecule has 2 aromatic rings. The lowest BCUT2D eigenvalue weighted by molar-refractivity contribution is -0.154. The maximum atomic E-state index is 14.7. The second-order valence-corrected chi connectivity index (χ2v) is 12.2. The molecule has 0 radical (unpaired) electrons. The van der Waals surface area contributed by atoms with Gasteiger partial charge in [0.05, 0.1) is 24.5 Å². The van der Waals surface area contributed by atoms with Gasteiger partial charge in [-0.25, -0.2) is 0 Å². The number of hydrogen-bond acceptors (Lipinski definition) is 6. The van der Waals surface area contributed by atoms with E-state index in [1.807, 2.05) is 42.5 Å². The number of benzene rings is 2. The van der Waals surface area contributed by atoms with Gasteiger partial charge in [-0.3, -0.25) is 14.4 Å². The van der Waals surface area contributed by atoms with Crippen LogP contribution in [0.15, 0.2) is 67.8 Å². The van der Waals surface area contributed by atoms with E-state index in [4.69, 9.17) is 9.47 Å². The van der Waals surface area contributed by atoms with E-state index < -0.39 is 35.6 Å². The molecule has 3 heterocycles. The smallest absolute Gasteiger partial charge is 0.312 e. The van der Waals surface area contributed by atoms with Crippen molar-refractivity contribution in [2.45, 2.75) is 54.7 Å². The summed E-state index contributed by atoms with van der Waals surface area (Å²) < 4.78 is 12.1. The maximum absolute atomic E-state index is 14.7. The van der Waals surface area contributed by atoms with Gasteiger partial charge in [0.2, 0.25) is 5.91 Å². The van der Waals surface area contributed by atoms with Crippen LogP contribution in [0.3, 0.4) is 0 Å². The number of carbonyl (C=O) groups excluding carboxylic acids is 3. The number of rotatable bonds is 13. The van der Waals surface area contributed by atoms with E-state index in [-0.39, 0.29) is 36.4 Å². The summed E-state index contributed by atoms with van der Waals surface area (Å²) in [5, 5.41) is 11.3.